The van der Waals surface area contributed by atoms with Crippen LogP contribution in [0.15, 0.2) is 12.3 Å². The number of hydrogen-bond acceptors (Lipinski definition) is 3. The molecule has 64 valence electrons. The second-order valence-electron chi connectivity index (χ2n) is 2.79. The van der Waals surface area contributed by atoms with Crippen molar-refractivity contribution in [2.45, 2.75) is 12.7 Å². The number of pyridine rings is 1. The Labute approximate surface area is 70.7 Å². The van der Waals surface area contributed by atoms with Crippen molar-refractivity contribution in [1.82, 2.24) is 4.98 Å². The van der Waals surface area contributed by atoms with E-state index in [4.69, 9.17) is 0 Å². The molecule has 4 nitrogen and oxygen atoms in total. The predicted molar refractivity (Wildman–Crippen MR) is 45.2 cm³/mol. The number of nitrogens with zero attached hydrogens (tertiary/aromatic N) is 1. The van der Waals surface area contributed by atoms with Crippen molar-refractivity contribution in [3.05, 3.63) is 23.5 Å². The average molecular weight is 184 g/mol. The van der Waals surface area contributed by atoms with Crippen LogP contribution in [-0.2, 0) is 15.8 Å². The second-order valence-corrected chi connectivity index (χ2v) is 4.51. The topological polar surface area (TPSA) is 59.1 Å². The third-order valence-corrected chi connectivity index (χ3v) is 3.04. The highest BCUT2D eigenvalue weighted by Gasteiger charge is 2.24. The lowest BCUT2D eigenvalue weighted by atomic mass is 10.2. The standard InChI is InChI=1S/C7H8N2O2S/c1-5-7-6(2-3-8-5)4-12(10,11)9-7/h2-3,9H,4H2,1H3. The lowest BCUT2D eigenvalue weighted by molar-refractivity contribution is 0.602. The van der Waals surface area contributed by atoms with E-state index in [0.29, 0.717) is 5.69 Å². The van der Waals surface area contributed by atoms with E-state index in [2.05, 4.69) is 9.71 Å². The maximum absolute atomic E-state index is 11.1. The minimum Gasteiger partial charge on any atom is -0.281 e. The van der Waals surface area contributed by atoms with E-state index < -0.39 is 10.0 Å². The smallest absolute Gasteiger partial charge is 0.237 e. The van der Waals surface area contributed by atoms with Crippen molar-refractivity contribution >= 4 is 15.7 Å². The molecule has 0 aromatic carbocycles. The van der Waals surface area contributed by atoms with Crippen LogP contribution in [-0.4, -0.2) is 13.4 Å². The van der Waals surface area contributed by atoms with Crippen LogP contribution in [0.3, 0.4) is 0 Å². The van der Waals surface area contributed by atoms with Crippen LogP contribution in [0.2, 0.25) is 0 Å². The molecule has 0 unspecified atom stereocenters. The zero-order chi connectivity index (χ0) is 8.77. The fourth-order valence-electron chi connectivity index (χ4n) is 1.28. The van der Waals surface area contributed by atoms with Gasteiger partial charge in [-0.1, -0.05) is 0 Å². The van der Waals surface area contributed by atoms with Gasteiger partial charge in [0.25, 0.3) is 0 Å². The second kappa shape index (κ2) is 2.20. The van der Waals surface area contributed by atoms with Crippen molar-refractivity contribution in [3.8, 4) is 0 Å². The molecule has 0 aliphatic carbocycles. The Morgan fingerprint density at radius 2 is 2.33 bits per heavy atom. The van der Waals surface area contributed by atoms with Gasteiger partial charge in [-0.15, -0.1) is 0 Å². The Kier molecular flexibility index (Phi) is 1.38. The van der Waals surface area contributed by atoms with Gasteiger partial charge in [-0.3, -0.25) is 9.71 Å². The first-order chi connectivity index (χ1) is 5.58. The van der Waals surface area contributed by atoms with Crippen LogP contribution in [0.4, 0.5) is 5.69 Å². The molecule has 1 aliphatic rings. The first kappa shape index (κ1) is 7.54. The first-order valence-electron chi connectivity index (χ1n) is 3.53. The van der Waals surface area contributed by atoms with Crippen molar-refractivity contribution in [2.75, 3.05) is 4.72 Å². The van der Waals surface area contributed by atoms with Gasteiger partial charge in [0.05, 0.1) is 17.1 Å². The van der Waals surface area contributed by atoms with E-state index in [1.54, 1.807) is 19.2 Å². The third-order valence-electron chi connectivity index (χ3n) is 1.83. The summed E-state index contributed by atoms with van der Waals surface area (Å²) >= 11 is 0. The predicted octanol–water partition coefficient (Wildman–Crippen LogP) is 0.645. The van der Waals surface area contributed by atoms with Gasteiger partial charge in [-0.25, -0.2) is 8.42 Å². The van der Waals surface area contributed by atoms with Gasteiger partial charge in [-0.05, 0) is 18.6 Å². The molecule has 2 rings (SSSR count). The molecule has 1 aliphatic heterocycles. The summed E-state index contributed by atoms with van der Waals surface area (Å²) in [5, 5.41) is 0. The van der Waals surface area contributed by atoms with Gasteiger partial charge in [-0.2, -0.15) is 0 Å². The summed E-state index contributed by atoms with van der Waals surface area (Å²) in [6.07, 6.45) is 1.62. The van der Waals surface area contributed by atoms with Gasteiger partial charge in [0.1, 0.15) is 0 Å². The van der Waals surface area contributed by atoms with Crippen LogP contribution in [0, 0.1) is 6.92 Å². The lowest BCUT2D eigenvalue weighted by Crippen LogP contribution is -2.06. The normalized spacial score (nSPS) is 18.4. The molecule has 1 N–H and O–H groups in total. The maximum atomic E-state index is 11.1. The van der Waals surface area contributed by atoms with Gasteiger partial charge < -0.3 is 0 Å². The lowest BCUT2D eigenvalue weighted by Gasteiger charge is -1.99. The number of sulfonamides is 1. The van der Waals surface area contributed by atoms with Crippen molar-refractivity contribution in [2.24, 2.45) is 0 Å². The summed E-state index contributed by atoms with van der Waals surface area (Å²) in [6.45, 7) is 1.78. The van der Waals surface area contributed by atoms with E-state index in [-0.39, 0.29) is 5.75 Å². The molecule has 0 spiro atoms. The molecule has 1 aromatic heterocycles. The number of nitrogens with one attached hydrogen (secondary N) is 1. The van der Waals surface area contributed by atoms with Crippen LogP contribution >= 0.6 is 0 Å². The Morgan fingerprint density at radius 3 is 3.00 bits per heavy atom. The number of aromatic nitrogens is 1. The molecule has 5 heteroatoms. The summed E-state index contributed by atoms with van der Waals surface area (Å²) in [6, 6.07) is 1.72. The third kappa shape index (κ3) is 1.06. The van der Waals surface area contributed by atoms with Gasteiger partial charge in [0.15, 0.2) is 0 Å². The fraction of sp³-hybridized carbons (Fsp3) is 0.286. The number of rotatable bonds is 0. The quantitative estimate of drug-likeness (QED) is 0.643. The Bertz CT molecular complexity index is 425. The van der Waals surface area contributed by atoms with E-state index in [1.165, 1.54) is 0 Å². The molecular weight excluding hydrogens is 176 g/mol. The minimum absolute atomic E-state index is 0.0751. The number of hydrogen-bond donors (Lipinski definition) is 1. The molecule has 0 bridgehead atoms. The van der Waals surface area contributed by atoms with Gasteiger partial charge >= 0.3 is 0 Å². The molecule has 0 fully saturated rings. The molecule has 12 heavy (non-hydrogen) atoms. The molecule has 1 aromatic rings. The average Bonchev–Trinajstić information content (AvgIpc) is 2.25. The highest BCUT2D eigenvalue weighted by Crippen LogP contribution is 2.28. The number of fused-ring (bicyclic) bond motifs is 1. The van der Waals surface area contributed by atoms with Crippen LogP contribution in [0.1, 0.15) is 11.3 Å². The summed E-state index contributed by atoms with van der Waals surface area (Å²) in [5.41, 5.74) is 2.19. The zero-order valence-electron chi connectivity index (χ0n) is 6.53. The number of anilines is 1. The van der Waals surface area contributed by atoms with Crippen molar-refractivity contribution in [1.29, 1.82) is 0 Å². The van der Waals surface area contributed by atoms with Gasteiger partial charge in [0.2, 0.25) is 10.0 Å². The molecule has 0 saturated heterocycles. The van der Waals surface area contributed by atoms with Crippen LogP contribution < -0.4 is 4.72 Å². The van der Waals surface area contributed by atoms with Crippen molar-refractivity contribution in [3.63, 3.8) is 0 Å². The summed E-state index contributed by atoms with van der Waals surface area (Å²) in [5.74, 6) is 0.0751. The first-order valence-corrected chi connectivity index (χ1v) is 5.19. The van der Waals surface area contributed by atoms with Crippen LogP contribution in [0.5, 0.6) is 0 Å². The number of aryl methyl sites for hydroxylation is 1. The molecule has 0 amide bonds. The van der Waals surface area contributed by atoms with Gasteiger partial charge in [0, 0.05) is 6.20 Å². The Hall–Kier alpha value is -1.10. The maximum Gasteiger partial charge on any atom is 0.237 e. The van der Waals surface area contributed by atoms with E-state index >= 15 is 0 Å². The zero-order valence-corrected chi connectivity index (χ0v) is 7.35. The largest absolute Gasteiger partial charge is 0.281 e. The summed E-state index contributed by atoms with van der Waals surface area (Å²) in [4.78, 5) is 3.99. The Morgan fingerprint density at radius 1 is 1.58 bits per heavy atom. The molecule has 0 atom stereocenters. The fourth-order valence-corrected chi connectivity index (χ4v) is 2.59. The SMILES string of the molecule is Cc1nccc2c1NS(=O)(=O)C2. The molecule has 2 heterocycles. The molecule has 0 saturated carbocycles. The molecule has 0 radical (unpaired) electrons. The Balaban J connectivity index is 2.63. The van der Waals surface area contributed by atoms with E-state index in [9.17, 15) is 8.42 Å². The highest BCUT2D eigenvalue weighted by atomic mass is 32.2. The monoisotopic (exact) mass is 184 g/mol. The summed E-state index contributed by atoms with van der Waals surface area (Å²) in [7, 11) is -3.12. The molecular formula is C7H8N2O2S. The highest BCUT2D eigenvalue weighted by molar-refractivity contribution is 7.92. The van der Waals surface area contributed by atoms with E-state index in [0.717, 1.165) is 11.3 Å². The van der Waals surface area contributed by atoms with Crippen molar-refractivity contribution < 1.29 is 8.42 Å². The van der Waals surface area contributed by atoms with Crippen LogP contribution in [0.25, 0.3) is 0 Å². The summed E-state index contributed by atoms with van der Waals surface area (Å²) < 4.78 is 24.7. The minimum atomic E-state index is -3.12. The van der Waals surface area contributed by atoms with E-state index in [1.807, 2.05) is 0 Å².